The molecule has 1 aromatic carbocycles. The van der Waals surface area contributed by atoms with Crippen LogP contribution in [0.4, 0.5) is 5.69 Å². The van der Waals surface area contributed by atoms with Gasteiger partial charge in [0.15, 0.2) is 0 Å². The van der Waals surface area contributed by atoms with Crippen LogP contribution in [0.2, 0.25) is 0 Å². The van der Waals surface area contributed by atoms with Crippen molar-refractivity contribution < 1.29 is 18.0 Å². The van der Waals surface area contributed by atoms with Crippen molar-refractivity contribution in [2.45, 2.75) is 43.9 Å². The van der Waals surface area contributed by atoms with Crippen LogP contribution in [0.5, 0.6) is 0 Å². The fourth-order valence-corrected chi connectivity index (χ4v) is 5.16. The Balaban J connectivity index is 1.57. The minimum Gasteiger partial charge on any atom is -0.343 e. The lowest BCUT2D eigenvalue weighted by Crippen LogP contribution is -2.41. The van der Waals surface area contributed by atoms with Crippen LogP contribution in [0.25, 0.3) is 0 Å². The van der Waals surface area contributed by atoms with Crippen molar-refractivity contribution >= 4 is 27.5 Å². The average molecular weight is 394 g/mol. The lowest BCUT2D eigenvalue weighted by molar-refractivity contribution is -0.134. The summed E-state index contributed by atoms with van der Waals surface area (Å²) in [6.07, 6.45) is 3.59. The van der Waals surface area contributed by atoms with Gasteiger partial charge in [-0.3, -0.25) is 9.59 Å². The number of rotatable bonds is 5. The van der Waals surface area contributed by atoms with E-state index < -0.39 is 10.0 Å². The van der Waals surface area contributed by atoms with E-state index in [-0.39, 0.29) is 22.6 Å². The molecule has 0 aromatic heterocycles. The van der Waals surface area contributed by atoms with Crippen LogP contribution in [-0.2, 0) is 19.6 Å². The molecule has 0 bridgehead atoms. The van der Waals surface area contributed by atoms with E-state index in [4.69, 9.17) is 0 Å². The first-order valence-corrected chi connectivity index (χ1v) is 11.0. The molecule has 0 unspecified atom stereocenters. The fourth-order valence-electron chi connectivity index (χ4n) is 3.65. The molecule has 3 rings (SSSR count). The Hall–Kier alpha value is -1.93. The van der Waals surface area contributed by atoms with Crippen LogP contribution in [0.3, 0.4) is 0 Å². The topological polar surface area (TPSA) is 86.8 Å². The molecular formula is C19H27N3O4S. The van der Waals surface area contributed by atoms with Crippen molar-refractivity contribution in [3.05, 3.63) is 24.3 Å². The SMILES string of the molecule is CCC(=O)N1CCC(C(=O)Nc2ccc(S(=O)(=O)N3CCCC3)cc2)CC1. The highest BCUT2D eigenvalue weighted by Gasteiger charge is 2.28. The molecule has 148 valence electrons. The molecule has 0 spiro atoms. The highest BCUT2D eigenvalue weighted by atomic mass is 32.2. The largest absolute Gasteiger partial charge is 0.343 e. The predicted octanol–water partition coefficient (Wildman–Crippen LogP) is 2.06. The lowest BCUT2D eigenvalue weighted by Gasteiger charge is -2.31. The summed E-state index contributed by atoms with van der Waals surface area (Å²) >= 11 is 0. The van der Waals surface area contributed by atoms with Crippen molar-refractivity contribution in [1.82, 2.24) is 9.21 Å². The molecule has 1 aromatic rings. The highest BCUT2D eigenvalue weighted by molar-refractivity contribution is 7.89. The molecule has 8 heteroatoms. The molecular weight excluding hydrogens is 366 g/mol. The van der Waals surface area contributed by atoms with Crippen LogP contribution in [0.15, 0.2) is 29.2 Å². The summed E-state index contributed by atoms with van der Waals surface area (Å²) in [4.78, 5) is 26.2. The predicted molar refractivity (Wildman–Crippen MR) is 103 cm³/mol. The van der Waals surface area contributed by atoms with E-state index in [1.165, 1.54) is 4.31 Å². The van der Waals surface area contributed by atoms with Gasteiger partial charge >= 0.3 is 0 Å². The molecule has 2 aliphatic rings. The third kappa shape index (κ3) is 4.50. The van der Waals surface area contributed by atoms with E-state index in [0.29, 0.717) is 51.1 Å². The number of sulfonamides is 1. The zero-order valence-corrected chi connectivity index (χ0v) is 16.5. The molecule has 2 saturated heterocycles. The highest BCUT2D eigenvalue weighted by Crippen LogP contribution is 2.24. The average Bonchev–Trinajstić information content (AvgIpc) is 3.23. The molecule has 7 nitrogen and oxygen atoms in total. The molecule has 1 N–H and O–H groups in total. The monoisotopic (exact) mass is 393 g/mol. The summed E-state index contributed by atoms with van der Waals surface area (Å²) in [6.45, 7) is 4.20. The van der Waals surface area contributed by atoms with Gasteiger partial charge in [-0.05, 0) is 49.9 Å². The maximum absolute atomic E-state index is 12.5. The normalized spacial score (nSPS) is 19.2. The Bertz CT molecular complexity index is 778. The molecule has 0 aliphatic carbocycles. The molecule has 2 aliphatic heterocycles. The minimum atomic E-state index is -3.44. The number of carbonyl (C=O) groups is 2. The Labute approximate surface area is 160 Å². The zero-order chi connectivity index (χ0) is 19.4. The number of anilines is 1. The minimum absolute atomic E-state index is 0.0752. The number of hydrogen-bond acceptors (Lipinski definition) is 4. The van der Waals surface area contributed by atoms with Crippen molar-refractivity contribution in [2.75, 3.05) is 31.5 Å². The van der Waals surface area contributed by atoms with Crippen LogP contribution < -0.4 is 5.32 Å². The summed E-state index contributed by atoms with van der Waals surface area (Å²) in [5, 5.41) is 2.87. The second kappa shape index (κ2) is 8.39. The van der Waals surface area contributed by atoms with Crippen molar-refractivity contribution in [3.63, 3.8) is 0 Å². The van der Waals surface area contributed by atoms with E-state index in [1.807, 2.05) is 11.8 Å². The molecule has 0 radical (unpaired) electrons. The van der Waals surface area contributed by atoms with Gasteiger partial charge in [-0.25, -0.2) is 8.42 Å². The third-order valence-corrected chi connectivity index (χ3v) is 7.26. The first-order chi connectivity index (χ1) is 12.9. The fraction of sp³-hybridized carbons (Fsp3) is 0.579. The smallest absolute Gasteiger partial charge is 0.243 e. The van der Waals surface area contributed by atoms with Crippen molar-refractivity contribution in [3.8, 4) is 0 Å². The van der Waals surface area contributed by atoms with Gasteiger partial charge in [0.25, 0.3) is 0 Å². The number of amides is 2. The summed E-state index contributed by atoms with van der Waals surface area (Å²) in [6, 6.07) is 6.37. The number of carbonyl (C=O) groups excluding carboxylic acids is 2. The summed E-state index contributed by atoms with van der Waals surface area (Å²) in [7, 11) is -3.44. The Morgan fingerprint density at radius 1 is 1.04 bits per heavy atom. The van der Waals surface area contributed by atoms with Gasteiger partial charge in [0.05, 0.1) is 4.90 Å². The standard InChI is InChI=1S/C19H27N3O4S/c1-2-18(23)21-13-9-15(10-14-21)19(24)20-16-5-7-17(8-6-16)27(25,26)22-11-3-4-12-22/h5-8,15H,2-4,9-14H2,1H3,(H,20,24). The Morgan fingerprint density at radius 3 is 2.19 bits per heavy atom. The van der Waals surface area contributed by atoms with E-state index in [9.17, 15) is 18.0 Å². The number of hydrogen-bond donors (Lipinski definition) is 1. The van der Waals surface area contributed by atoms with Gasteiger partial charge in [-0.1, -0.05) is 6.92 Å². The van der Waals surface area contributed by atoms with Gasteiger partial charge in [-0.2, -0.15) is 4.31 Å². The maximum Gasteiger partial charge on any atom is 0.243 e. The van der Waals surface area contributed by atoms with E-state index >= 15 is 0 Å². The van der Waals surface area contributed by atoms with Gasteiger partial charge in [0.1, 0.15) is 0 Å². The van der Waals surface area contributed by atoms with Gasteiger partial charge in [-0.15, -0.1) is 0 Å². The Kier molecular flexibility index (Phi) is 6.16. The molecule has 2 heterocycles. The van der Waals surface area contributed by atoms with E-state index in [1.54, 1.807) is 24.3 Å². The van der Waals surface area contributed by atoms with Crippen LogP contribution in [0.1, 0.15) is 39.0 Å². The third-order valence-electron chi connectivity index (χ3n) is 5.35. The number of likely N-dealkylation sites (tertiary alicyclic amines) is 1. The first kappa shape index (κ1) is 19.8. The second-order valence-electron chi connectivity index (χ2n) is 7.13. The van der Waals surface area contributed by atoms with Crippen LogP contribution in [0, 0.1) is 5.92 Å². The van der Waals surface area contributed by atoms with Crippen LogP contribution >= 0.6 is 0 Å². The second-order valence-corrected chi connectivity index (χ2v) is 9.07. The molecule has 0 saturated carbocycles. The summed E-state index contributed by atoms with van der Waals surface area (Å²) < 4.78 is 26.6. The quantitative estimate of drug-likeness (QED) is 0.830. The van der Waals surface area contributed by atoms with E-state index in [0.717, 1.165) is 12.8 Å². The van der Waals surface area contributed by atoms with Crippen molar-refractivity contribution in [1.29, 1.82) is 0 Å². The lowest BCUT2D eigenvalue weighted by atomic mass is 9.95. The van der Waals surface area contributed by atoms with Gasteiger partial charge in [0, 0.05) is 44.2 Å². The maximum atomic E-state index is 12.5. The molecule has 2 fully saturated rings. The summed E-state index contributed by atoms with van der Waals surface area (Å²) in [5.41, 5.74) is 0.590. The van der Waals surface area contributed by atoms with E-state index in [2.05, 4.69) is 5.32 Å². The first-order valence-electron chi connectivity index (χ1n) is 9.60. The summed E-state index contributed by atoms with van der Waals surface area (Å²) in [5.74, 6) is -0.0729. The van der Waals surface area contributed by atoms with Gasteiger partial charge < -0.3 is 10.2 Å². The van der Waals surface area contributed by atoms with Crippen LogP contribution in [-0.4, -0.2) is 55.6 Å². The zero-order valence-electron chi connectivity index (χ0n) is 15.7. The van der Waals surface area contributed by atoms with Gasteiger partial charge in [0.2, 0.25) is 21.8 Å². The Morgan fingerprint density at radius 2 is 1.63 bits per heavy atom. The number of nitrogens with one attached hydrogen (secondary N) is 1. The molecule has 0 atom stereocenters. The molecule has 27 heavy (non-hydrogen) atoms. The number of benzene rings is 1. The molecule has 2 amide bonds. The number of nitrogens with zero attached hydrogens (tertiary/aromatic N) is 2. The number of piperidine rings is 1. The van der Waals surface area contributed by atoms with Crippen molar-refractivity contribution in [2.24, 2.45) is 5.92 Å².